The molecule has 4 rings (SSSR count). The van der Waals surface area contributed by atoms with Crippen molar-refractivity contribution in [3.05, 3.63) is 71.8 Å². The van der Waals surface area contributed by atoms with Gasteiger partial charge < -0.3 is 9.47 Å². The first kappa shape index (κ1) is 16.4. The molecule has 132 valence electrons. The van der Waals surface area contributed by atoms with Crippen molar-refractivity contribution in [2.24, 2.45) is 0 Å². The van der Waals surface area contributed by atoms with E-state index in [0.29, 0.717) is 5.75 Å². The van der Waals surface area contributed by atoms with Gasteiger partial charge in [-0.2, -0.15) is 0 Å². The number of carbonyl (C=O) groups is 2. The zero-order valence-electron chi connectivity index (χ0n) is 14.4. The van der Waals surface area contributed by atoms with Crippen molar-refractivity contribution in [3.8, 4) is 5.75 Å². The van der Waals surface area contributed by atoms with E-state index in [1.807, 2.05) is 54.6 Å². The van der Waals surface area contributed by atoms with Crippen molar-refractivity contribution in [1.29, 1.82) is 0 Å². The van der Waals surface area contributed by atoms with Crippen molar-refractivity contribution in [3.63, 3.8) is 0 Å². The summed E-state index contributed by atoms with van der Waals surface area (Å²) in [7, 11) is 1.59. The molecule has 1 heterocycles. The molecule has 1 aliphatic heterocycles. The molecule has 2 aliphatic rings. The van der Waals surface area contributed by atoms with E-state index in [2.05, 4.69) is 0 Å². The maximum absolute atomic E-state index is 12.8. The maximum Gasteiger partial charge on any atom is 0.418 e. The van der Waals surface area contributed by atoms with Gasteiger partial charge in [0.25, 0.3) is 5.91 Å². The Kier molecular flexibility index (Phi) is 3.99. The predicted molar refractivity (Wildman–Crippen MR) is 96.5 cm³/mol. The molecule has 2 aromatic carbocycles. The van der Waals surface area contributed by atoms with Gasteiger partial charge in [-0.15, -0.1) is 0 Å². The summed E-state index contributed by atoms with van der Waals surface area (Å²) in [5, 5.41) is 0. The lowest BCUT2D eigenvalue weighted by molar-refractivity contribution is -0.124. The summed E-state index contributed by atoms with van der Waals surface area (Å²) in [6.45, 7) is 0. The van der Waals surface area contributed by atoms with E-state index in [9.17, 15) is 9.59 Å². The summed E-state index contributed by atoms with van der Waals surface area (Å²) in [4.78, 5) is 26.4. The molecule has 1 aliphatic carbocycles. The zero-order chi connectivity index (χ0) is 18.1. The molecule has 2 amide bonds. The molecule has 2 aromatic rings. The van der Waals surface area contributed by atoms with Crippen LogP contribution in [0.25, 0.3) is 6.08 Å². The molecule has 5 nitrogen and oxygen atoms in total. The molecule has 1 atom stereocenters. The van der Waals surface area contributed by atoms with Crippen LogP contribution < -0.4 is 4.74 Å². The third-order valence-electron chi connectivity index (χ3n) is 4.85. The average Bonchev–Trinajstić information content (AvgIpc) is 3.37. The van der Waals surface area contributed by atoms with Crippen molar-refractivity contribution >= 4 is 18.1 Å². The Bertz CT molecular complexity index is 871. The van der Waals surface area contributed by atoms with Crippen LogP contribution in [0.3, 0.4) is 0 Å². The third kappa shape index (κ3) is 2.86. The van der Waals surface area contributed by atoms with Crippen molar-refractivity contribution in [1.82, 2.24) is 4.90 Å². The number of methoxy groups -OCH3 is 1. The number of imide groups is 1. The minimum atomic E-state index is -0.573. The van der Waals surface area contributed by atoms with Crippen molar-refractivity contribution < 1.29 is 19.1 Å². The minimum absolute atomic E-state index is 0.376. The lowest BCUT2D eigenvalue weighted by Gasteiger charge is -2.22. The van der Waals surface area contributed by atoms with Crippen LogP contribution in [0.2, 0.25) is 0 Å². The highest BCUT2D eigenvalue weighted by atomic mass is 16.6. The summed E-state index contributed by atoms with van der Waals surface area (Å²) >= 11 is 0. The van der Waals surface area contributed by atoms with Gasteiger partial charge in [0.05, 0.1) is 7.11 Å². The van der Waals surface area contributed by atoms with Crippen molar-refractivity contribution in [2.75, 3.05) is 7.11 Å². The van der Waals surface area contributed by atoms with Gasteiger partial charge in [-0.25, -0.2) is 9.69 Å². The Balaban J connectivity index is 1.61. The fraction of sp³-hybridized carbons (Fsp3) is 0.238. The third-order valence-corrected chi connectivity index (χ3v) is 4.85. The summed E-state index contributed by atoms with van der Waals surface area (Å²) in [6, 6.07) is 16.6. The fourth-order valence-corrected chi connectivity index (χ4v) is 3.42. The van der Waals surface area contributed by atoms with Gasteiger partial charge in [-0.3, -0.25) is 4.79 Å². The van der Waals surface area contributed by atoms with Gasteiger partial charge in [0, 0.05) is 6.08 Å². The minimum Gasteiger partial charge on any atom is -0.497 e. The fourth-order valence-electron chi connectivity index (χ4n) is 3.42. The Morgan fingerprint density at radius 3 is 2.65 bits per heavy atom. The first-order valence-corrected chi connectivity index (χ1v) is 8.56. The molecule has 1 saturated carbocycles. The van der Waals surface area contributed by atoms with Gasteiger partial charge in [-0.1, -0.05) is 42.5 Å². The normalized spacial score (nSPS) is 20.4. The number of hydrogen-bond donors (Lipinski definition) is 0. The number of rotatable bonds is 4. The number of benzene rings is 2. The van der Waals surface area contributed by atoms with E-state index in [4.69, 9.17) is 9.47 Å². The van der Waals surface area contributed by atoms with Gasteiger partial charge in [-0.05, 0) is 42.2 Å². The lowest BCUT2D eigenvalue weighted by atomic mass is 9.99. The highest BCUT2D eigenvalue weighted by Gasteiger charge is 2.63. The Labute approximate surface area is 151 Å². The van der Waals surface area contributed by atoms with Crippen LogP contribution in [0.15, 0.2) is 60.7 Å². The van der Waals surface area contributed by atoms with Gasteiger partial charge in [0.2, 0.25) is 0 Å². The molecular weight excluding hydrogens is 330 g/mol. The van der Waals surface area contributed by atoms with Crippen LogP contribution in [-0.4, -0.2) is 29.6 Å². The SMILES string of the molecule is COc1cccc(/C=C/C(=O)N2C(=O)OC3(CC3)[C@@H]2c2ccccc2)c1. The molecule has 0 N–H and O–H groups in total. The van der Waals surface area contributed by atoms with Crippen LogP contribution in [0.4, 0.5) is 4.79 Å². The van der Waals surface area contributed by atoms with Gasteiger partial charge in [0.1, 0.15) is 17.4 Å². The number of nitrogens with zero attached hydrogens (tertiary/aromatic N) is 1. The van der Waals surface area contributed by atoms with Gasteiger partial charge in [0.15, 0.2) is 0 Å². The first-order chi connectivity index (χ1) is 12.6. The highest BCUT2D eigenvalue weighted by Crippen LogP contribution is 2.56. The Hall–Kier alpha value is -3.08. The van der Waals surface area contributed by atoms with Crippen LogP contribution in [0, 0.1) is 0 Å². The molecule has 5 heteroatoms. The quantitative estimate of drug-likeness (QED) is 0.784. The van der Waals surface area contributed by atoms with Crippen LogP contribution >= 0.6 is 0 Å². The molecule has 0 unspecified atom stereocenters. The molecule has 0 aromatic heterocycles. The molecule has 2 fully saturated rings. The summed E-state index contributed by atoms with van der Waals surface area (Å²) in [5.41, 5.74) is 1.18. The largest absolute Gasteiger partial charge is 0.497 e. The Morgan fingerprint density at radius 2 is 1.96 bits per heavy atom. The molecule has 1 spiro atoms. The standard InChI is InChI=1S/C21H19NO4/c1-25-17-9-5-6-15(14-17)10-11-18(23)22-19(16-7-3-2-4-8-16)21(12-13-21)26-20(22)24/h2-11,14,19H,12-13H2,1H3/b11-10+/t19-/m0/s1. The summed E-state index contributed by atoms with van der Waals surface area (Å²) in [6.07, 6.45) is 4.08. The van der Waals surface area contributed by atoms with Crippen LogP contribution in [0.5, 0.6) is 5.75 Å². The topological polar surface area (TPSA) is 55.8 Å². The van der Waals surface area contributed by atoms with Crippen LogP contribution in [0.1, 0.15) is 30.0 Å². The number of ether oxygens (including phenoxy) is 2. The molecule has 0 radical (unpaired) electrons. The van der Waals surface area contributed by atoms with E-state index < -0.39 is 11.7 Å². The summed E-state index contributed by atoms with van der Waals surface area (Å²) in [5.74, 6) is 0.328. The maximum atomic E-state index is 12.8. The second kappa shape index (κ2) is 6.33. The Morgan fingerprint density at radius 1 is 1.19 bits per heavy atom. The molecule has 0 bridgehead atoms. The average molecular weight is 349 g/mol. The number of hydrogen-bond acceptors (Lipinski definition) is 4. The molecule has 1 saturated heterocycles. The number of carbonyl (C=O) groups excluding carboxylic acids is 2. The highest BCUT2D eigenvalue weighted by molar-refractivity contribution is 6.02. The smallest absolute Gasteiger partial charge is 0.418 e. The van der Waals surface area contributed by atoms with Crippen molar-refractivity contribution in [2.45, 2.75) is 24.5 Å². The van der Waals surface area contributed by atoms with Crippen LogP contribution in [-0.2, 0) is 9.53 Å². The van der Waals surface area contributed by atoms with E-state index in [-0.39, 0.29) is 11.9 Å². The van der Waals surface area contributed by atoms with E-state index >= 15 is 0 Å². The lowest BCUT2D eigenvalue weighted by Crippen LogP contribution is -2.34. The van der Waals surface area contributed by atoms with E-state index in [1.54, 1.807) is 13.2 Å². The van der Waals surface area contributed by atoms with E-state index in [0.717, 1.165) is 24.0 Å². The van der Waals surface area contributed by atoms with Gasteiger partial charge >= 0.3 is 6.09 Å². The predicted octanol–water partition coefficient (Wildman–Crippen LogP) is 3.96. The summed E-state index contributed by atoms with van der Waals surface area (Å²) < 4.78 is 10.7. The number of amides is 2. The van der Waals surface area contributed by atoms with E-state index in [1.165, 1.54) is 11.0 Å². The molecule has 26 heavy (non-hydrogen) atoms. The second-order valence-corrected chi connectivity index (χ2v) is 6.56. The first-order valence-electron chi connectivity index (χ1n) is 8.56. The molecular formula is C21H19NO4. The monoisotopic (exact) mass is 349 g/mol. The zero-order valence-corrected chi connectivity index (χ0v) is 14.4. The second-order valence-electron chi connectivity index (χ2n) is 6.56.